The molecule has 2 fully saturated rings. The van der Waals surface area contributed by atoms with Crippen molar-refractivity contribution >= 4 is 52.2 Å². The van der Waals surface area contributed by atoms with Crippen molar-refractivity contribution in [1.82, 2.24) is 39.6 Å². The maximum atomic E-state index is 12.4. The van der Waals surface area contributed by atoms with Gasteiger partial charge in [0, 0.05) is 112 Å². The second-order valence-electron chi connectivity index (χ2n) is 19.0. The third kappa shape index (κ3) is 12.2. The lowest BCUT2D eigenvalue weighted by Crippen LogP contribution is -2.50. The van der Waals surface area contributed by atoms with Crippen LogP contribution in [-0.4, -0.2) is 113 Å². The number of rotatable bonds is 10. The molecule has 2 saturated heterocycles. The maximum absolute atomic E-state index is 12.4. The molecule has 5 N–H and O–H groups in total. The third-order valence-electron chi connectivity index (χ3n) is 12.7. The molecule has 0 radical (unpaired) electrons. The Hall–Kier alpha value is -8.37. The lowest BCUT2D eigenvalue weighted by atomic mass is 10.1. The number of amides is 5. The molecule has 16 heteroatoms. The number of carbonyl (C=O) groups is 3. The molecule has 0 aliphatic carbocycles. The SMILES string of the molecule is CCNC(=O)Nc1cccc(-c2cnc3cc(-c4ccc(N5CCN(C(=O)OC(C)(C)C)CC5)cc4)ccn23)c1.CCNC(=O)Nc1cccc(-c2cnc3cc(-c4ccc(N5CCNCC5)cc4)ccn23)c1. The van der Waals surface area contributed by atoms with Crippen LogP contribution < -0.4 is 36.4 Å². The van der Waals surface area contributed by atoms with Gasteiger partial charge in [-0.1, -0.05) is 48.5 Å². The van der Waals surface area contributed by atoms with Crippen LogP contribution in [0.3, 0.4) is 0 Å². The lowest BCUT2D eigenvalue weighted by molar-refractivity contribution is 0.0240. The molecule has 73 heavy (non-hydrogen) atoms. The minimum absolute atomic E-state index is 0.208. The van der Waals surface area contributed by atoms with Gasteiger partial charge in [0.2, 0.25) is 0 Å². The summed E-state index contributed by atoms with van der Waals surface area (Å²) in [5.41, 5.74) is 13.5. The number of benzene rings is 4. The van der Waals surface area contributed by atoms with Gasteiger partial charge in [-0.15, -0.1) is 0 Å². The Labute approximate surface area is 426 Å². The van der Waals surface area contributed by atoms with Crippen molar-refractivity contribution in [2.75, 3.05) is 85.9 Å². The molecular formula is C57H64N12O4. The van der Waals surface area contributed by atoms with Crippen molar-refractivity contribution in [2.24, 2.45) is 0 Å². The highest BCUT2D eigenvalue weighted by molar-refractivity contribution is 5.91. The standard InChI is InChI=1S/C31H36N6O3.C26H28N6O/c1-5-32-29(38)34-25-8-6-7-24(19-25)27-21-33-28-20-23(13-14-37(27)28)22-9-11-26(12-10-22)35-15-17-36(18-16-35)30(39)40-31(2,3)4;1-2-28-26(33)30-22-5-3-4-21(16-22)24-18-29-25-17-20(10-13-32(24)25)19-6-8-23(9-7-19)31-14-11-27-12-15-31/h6-14,19-21H,5,15-18H2,1-4H3,(H2,32,34,38);3-10,13,16-18,27H,2,11-12,14-15H2,1H3,(H2,28,30,33). The molecule has 8 aromatic rings. The number of urea groups is 2. The third-order valence-corrected chi connectivity index (χ3v) is 12.7. The lowest BCUT2D eigenvalue weighted by Gasteiger charge is -2.36. The number of nitrogens with one attached hydrogen (secondary N) is 5. The number of hydrogen-bond donors (Lipinski definition) is 5. The number of ether oxygens (including phenoxy) is 1. The van der Waals surface area contributed by atoms with Gasteiger partial charge in [0.1, 0.15) is 16.9 Å². The van der Waals surface area contributed by atoms with Gasteiger partial charge in [0.05, 0.1) is 23.8 Å². The minimum Gasteiger partial charge on any atom is -0.444 e. The van der Waals surface area contributed by atoms with E-state index < -0.39 is 5.60 Å². The van der Waals surface area contributed by atoms with Crippen molar-refractivity contribution in [3.05, 3.63) is 146 Å². The zero-order valence-corrected chi connectivity index (χ0v) is 42.2. The molecule has 0 atom stereocenters. The van der Waals surface area contributed by atoms with E-state index in [1.807, 2.05) is 106 Å². The number of hydrogen-bond acceptors (Lipinski definition) is 9. The first-order chi connectivity index (χ1) is 35.4. The predicted molar refractivity (Wildman–Crippen MR) is 293 cm³/mol. The van der Waals surface area contributed by atoms with Gasteiger partial charge in [-0.05, 0) is 130 Å². The van der Waals surface area contributed by atoms with Crippen LogP contribution in [0.1, 0.15) is 34.6 Å². The van der Waals surface area contributed by atoms with Crippen molar-refractivity contribution in [2.45, 2.75) is 40.2 Å². The molecule has 10 rings (SSSR count). The summed E-state index contributed by atoms with van der Waals surface area (Å²) in [6.45, 7) is 17.6. The highest BCUT2D eigenvalue weighted by Crippen LogP contribution is 2.31. The van der Waals surface area contributed by atoms with Crippen LogP contribution in [0, 0.1) is 0 Å². The summed E-state index contributed by atoms with van der Waals surface area (Å²) in [4.78, 5) is 51.9. The van der Waals surface area contributed by atoms with Gasteiger partial charge in [-0.25, -0.2) is 24.4 Å². The molecule has 0 bridgehead atoms. The Bertz CT molecular complexity index is 3180. The van der Waals surface area contributed by atoms with E-state index >= 15 is 0 Å². The summed E-state index contributed by atoms with van der Waals surface area (Å²) in [6.07, 6.45) is 7.56. The molecule has 0 unspecified atom stereocenters. The Kier molecular flexibility index (Phi) is 15.2. The summed E-state index contributed by atoms with van der Waals surface area (Å²) >= 11 is 0. The number of anilines is 4. The van der Waals surface area contributed by atoms with Crippen molar-refractivity contribution in [1.29, 1.82) is 0 Å². The first-order valence-electron chi connectivity index (χ1n) is 25.1. The Morgan fingerprint density at radius 2 is 1.00 bits per heavy atom. The first kappa shape index (κ1) is 49.6. The molecule has 6 heterocycles. The molecular weight excluding hydrogens is 917 g/mol. The molecule has 2 aliphatic rings. The Morgan fingerprint density at radius 1 is 0.548 bits per heavy atom. The van der Waals surface area contributed by atoms with Gasteiger partial charge >= 0.3 is 18.2 Å². The molecule has 0 spiro atoms. The smallest absolute Gasteiger partial charge is 0.410 e. The number of pyridine rings is 2. The fourth-order valence-electron chi connectivity index (χ4n) is 9.06. The summed E-state index contributed by atoms with van der Waals surface area (Å²) in [5, 5.41) is 14.6. The van der Waals surface area contributed by atoms with E-state index in [1.54, 1.807) is 4.90 Å². The Morgan fingerprint density at radius 3 is 1.44 bits per heavy atom. The minimum atomic E-state index is -0.485. The van der Waals surface area contributed by atoms with Crippen LogP contribution in [0.2, 0.25) is 0 Å². The number of piperazine rings is 2. The molecule has 4 aromatic carbocycles. The van der Waals surface area contributed by atoms with Gasteiger partial charge in [-0.2, -0.15) is 0 Å². The van der Waals surface area contributed by atoms with Crippen LogP contribution in [0.5, 0.6) is 0 Å². The highest BCUT2D eigenvalue weighted by atomic mass is 16.6. The first-order valence-corrected chi connectivity index (χ1v) is 25.1. The van der Waals surface area contributed by atoms with Gasteiger partial charge in [0.15, 0.2) is 0 Å². The molecule has 4 aromatic heterocycles. The average molecular weight is 981 g/mol. The summed E-state index contributed by atoms with van der Waals surface area (Å²) in [7, 11) is 0. The van der Waals surface area contributed by atoms with Crippen molar-refractivity contribution < 1.29 is 19.1 Å². The molecule has 5 amide bonds. The summed E-state index contributed by atoms with van der Waals surface area (Å²) in [6, 6.07) is 40.8. The van der Waals surface area contributed by atoms with E-state index in [1.165, 1.54) is 11.3 Å². The van der Waals surface area contributed by atoms with E-state index in [0.29, 0.717) is 26.2 Å². The van der Waals surface area contributed by atoms with E-state index in [9.17, 15) is 14.4 Å². The predicted octanol–water partition coefficient (Wildman–Crippen LogP) is 10.1. The van der Waals surface area contributed by atoms with Gasteiger partial charge in [0.25, 0.3) is 0 Å². The van der Waals surface area contributed by atoms with Crippen molar-refractivity contribution in [3.63, 3.8) is 0 Å². The van der Waals surface area contributed by atoms with E-state index in [-0.39, 0.29) is 18.2 Å². The quantitative estimate of drug-likeness (QED) is 0.0897. The van der Waals surface area contributed by atoms with Gasteiger partial charge in [-0.3, -0.25) is 8.80 Å². The molecule has 16 nitrogen and oxygen atoms in total. The summed E-state index contributed by atoms with van der Waals surface area (Å²) in [5.74, 6) is 0. The van der Waals surface area contributed by atoms with E-state index in [4.69, 9.17) is 4.74 Å². The molecule has 2 aliphatic heterocycles. The number of imidazole rings is 2. The van der Waals surface area contributed by atoms with Crippen LogP contribution in [-0.2, 0) is 4.74 Å². The summed E-state index contributed by atoms with van der Waals surface area (Å²) < 4.78 is 9.63. The van der Waals surface area contributed by atoms with E-state index in [0.717, 1.165) is 107 Å². The second kappa shape index (κ2) is 22.4. The zero-order valence-electron chi connectivity index (χ0n) is 42.2. The number of nitrogens with zero attached hydrogens (tertiary/aromatic N) is 7. The fourth-order valence-corrected chi connectivity index (χ4v) is 9.06. The molecule has 376 valence electrons. The van der Waals surface area contributed by atoms with Gasteiger partial charge < -0.3 is 46.0 Å². The maximum Gasteiger partial charge on any atom is 0.410 e. The number of aromatic nitrogens is 4. The second-order valence-corrected chi connectivity index (χ2v) is 19.0. The monoisotopic (exact) mass is 981 g/mol. The topological polar surface area (TPSA) is 165 Å². The molecule has 0 saturated carbocycles. The van der Waals surface area contributed by atoms with Crippen LogP contribution in [0.15, 0.2) is 146 Å². The van der Waals surface area contributed by atoms with Crippen LogP contribution in [0.4, 0.5) is 37.1 Å². The fraction of sp³-hybridized carbons (Fsp3) is 0.281. The Balaban J connectivity index is 0.000000183. The highest BCUT2D eigenvalue weighted by Gasteiger charge is 2.26. The number of fused-ring (bicyclic) bond motifs is 2. The van der Waals surface area contributed by atoms with E-state index in [2.05, 4.69) is 130 Å². The largest absolute Gasteiger partial charge is 0.444 e. The van der Waals surface area contributed by atoms with Crippen molar-refractivity contribution in [3.8, 4) is 44.8 Å². The van der Waals surface area contributed by atoms with Crippen LogP contribution >= 0.6 is 0 Å². The van der Waals surface area contributed by atoms with Crippen LogP contribution in [0.25, 0.3) is 56.1 Å². The zero-order chi connectivity index (χ0) is 50.9. The number of carbonyl (C=O) groups excluding carboxylic acids is 3. The normalized spacial score (nSPS) is 13.8. The average Bonchev–Trinajstić information content (AvgIpc) is 4.03.